The quantitative estimate of drug-likeness (QED) is 0.473. The standard InChI is InChI=1S/C13H24N2O2S/c1-2-3-4-5-6-7-8-9-10-11-12-13-15-18(14,16)17/h3-8,15H,2,9-13H2,1H3,(H2,14,16,17). The second-order valence-corrected chi connectivity index (χ2v) is 5.32. The molecule has 3 N–H and O–H groups in total. The molecular weight excluding hydrogens is 248 g/mol. The van der Waals surface area contributed by atoms with E-state index >= 15 is 0 Å². The lowest BCUT2D eigenvalue weighted by Crippen LogP contribution is -2.31. The van der Waals surface area contributed by atoms with Gasteiger partial charge in [0, 0.05) is 6.54 Å². The Bertz CT molecular complexity index is 370. The van der Waals surface area contributed by atoms with Crippen LogP contribution in [0.1, 0.15) is 39.0 Å². The highest BCUT2D eigenvalue weighted by atomic mass is 32.2. The number of rotatable bonds is 10. The Kier molecular flexibility index (Phi) is 10.6. The van der Waals surface area contributed by atoms with E-state index in [1.165, 1.54) is 0 Å². The van der Waals surface area contributed by atoms with Gasteiger partial charge in [0.15, 0.2) is 0 Å². The summed E-state index contributed by atoms with van der Waals surface area (Å²) in [5.74, 6) is 0. The number of allylic oxidation sites excluding steroid dienone is 6. The van der Waals surface area contributed by atoms with Gasteiger partial charge in [-0.25, -0.2) is 9.86 Å². The number of nitrogens with one attached hydrogen (secondary N) is 1. The van der Waals surface area contributed by atoms with E-state index in [1.54, 1.807) is 0 Å². The number of unbranched alkanes of at least 4 members (excludes halogenated alkanes) is 3. The second-order valence-electron chi connectivity index (χ2n) is 3.94. The fourth-order valence-corrected chi connectivity index (χ4v) is 1.72. The summed E-state index contributed by atoms with van der Waals surface area (Å²) in [5.41, 5.74) is 0. The molecule has 0 radical (unpaired) electrons. The van der Waals surface area contributed by atoms with E-state index in [-0.39, 0.29) is 0 Å². The molecule has 0 saturated heterocycles. The van der Waals surface area contributed by atoms with Crippen LogP contribution in [-0.4, -0.2) is 15.0 Å². The fourth-order valence-electron chi connectivity index (χ4n) is 1.30. The minimum atomic E-state index is -3.52. The Morgan fingerprint density at radius 2 is 1.67 bits per heavy atom. The smallest absolute Gasteiger partial charge is 0.216 e. The van der Waals surface area contributed by atoms with Crippen LogP contribution in [0.25, 0.3) is 0 Å². The minimum absolute atomic E-state index is 0.421. The van der Waals surface area contributed by atoms with Crippen molar-refractivity contribution < 1.29 is 8.42 Å². The van der Waals surface area contributed by atoms with E-state index in [1.807, 2.05) is 24.3 Å². The first-order valence-corrected chi connectivity index (χ1v) is 7.86. The zero-order chi connectivity index (χ0) is 13.7. The average Bonchev–Trinajstić information content (AvgIpc) is 2.29. The molecule has 104 valence electrons. The molecule has 0 aromatic rings. The number of nitrogens with two attached hydrogens (primary N) is 1. The molecule has 0 heterocycles. The van der Waals surface area contributed by atoms with Gasteiger partial charge in [0.25, 0.3) is 10.2 Å². The highest BCUT2D eigenvalue weighted by molar-refractivity contribution is 7.87. The van der Waals surface area contributed by atoms with Gasteiger partial charge < -0.3 is 0 Å². The van der Waals surface area contributed by atoms with E-state index in [0.29, 0.717) is 6.54 Å². The highest BCUT2D eigenvalue weighted by Crippen LogP contribution is 2.00. The molecule has 0 aliphatic heterocycles. The van der Waals surface area contributed by atoms with Gasteiger partial charge in [0.1, 0.15) is 0 Å². The van der Waals surface area contributed by atoms with Crippen LogP contribution < -0.4 is 9.86 Å². The molecule has 5 heteroatoms. The van der Waals surface area contributed by atoms with Crippen molar-refractivity contribution >= 4 is 10.2 Å². The van der Waals surface area contributed by atoms with Crippen LogP contribution in [0.3, 0.4) is 0 Å². The summed E-state index contributed by atoms with van der Waals surface area (Å²) in [4.78, 5) is 0. The average molecular weight is 272 g/mol. The van der Waals surface area contributed by atoms with E-state index in [4.69, 9.17) is 5.14 Å². The maximum Gasteiger partial charge on any atom is 0.274 e. The molecule has 0 aliphatic carbocycles. The number of hydrogen-bond acceptors (Lipinski definition) is 2. The summed E-state index contributed by atoms with van der Waals surface area (Å²) in [6, 6.07) is 0. The van der Waals surface area contributed by atoms with Gasteiger partial charge in [-0.1, -0.05) is 49.8 Å². The normalized spacial score (nSPS) is 13.2. The first kappa shape index (κ1) is 17.1. The van der Waals surface area contributed by atoms with Crippen molar-refractivity contribution in [1.82, 2.24) is 4.72 Å². The molecule has 0 amide bonds. The van der Waals surface area contributed by atoms with Crippen LogP contribution in [-0.2, 0) is 10.2 Å². The molecule has 0 spiro atoms. The van der Waals surface area contributed by atoms with Crippen LogP contribution in [0.5, 0.6) is 0 Å². The van der Waals surface area contributed by atoms with E-state index in [0.717, 1.165) is 32.1 Å². The van der Waals surface area contributed by atoms with Gasteiger partial charge in [-0.2, -0.15) is 8.42 Å². The van der Waals surface area contributed by atoms with Gasteiger partial charge in [-0.15, -0.1) is 0 Å². The monoisotopic (exact) mass is 272 g/mol. The predicted octanol–water partition coefficient (Wildman–Crippen LogP) is 2.42. The Morgan fingerprint density at radius 1 is 1.00 bits per heavy atom. The zero-order valence-corrected chi connectivity index (χ0v) is 11.8. The predicted molar refractivity (Wildman–Crippen MR) is 77.3 cm³/mol. The SMILES string of the molecule is CCC=CC=CC=CCCCCCNS(N)(=O)=O. The molecule has 0 aliphatic rings. The topological polar surface area (TPSA) is 72.2 Å². The van der Waals surface area contributed by atoms with Gasteiger partial charge in [0.05, 0.1) is 0 Å². The third-order valence-corrected chi connectivity index (χ3v) is 2.80. The fraction of sp³-hybridized carbons (Fsp3) is 0.538. The molecule has 0 saturated carbocycles. The molecule has 0 aromatic heterocycles. The molecular formula is C13H24N2O2S. The Hall–Kier alpha value is -0.910. The molecule has 0 atom stereocenters. The summed E-state index contributed by atoms with van der Waals surface area (Å²) >= 11 is 0. The second kappa shape index (κ2) is 11.2. The third-order valence-electron chi connectivity index (χ3n) is 2.19. The molecule has 0 aromatic carbocycles. The first-order valence-electron chi connectivity index (χ1n) is 6.32. The van der Waals surface area contributed by atoms with Crippen LogP contribution >= 0.6 is 0 Å². The number of hydrogen-bond donors (Lipinski definition) is 2. The lowest BCUT2D eigenvalue weighted by atomic mass is 10.2. The van der Waals surface area contributed by atoms with E-state index in [9.17, 15) is 8.42 Å². The summed E-state index contributed by atoms with van der Waals surface area (Å²) in [7, 11) is -3.52. The molecule has 0 unspecified atom stereocenters. The van der Waals surface area contributed by atoms with Crippen molar-refractivity contribution in [3.63, 3.8) is 0 Å². The minimum Gasteiger partial charge on any atom is -0.216 e. The Morgan fingerprint density at radius 3 is 2.28 bits per heavy atom. The van der Waals surface area contributed by atoms with Crippen LogP contribution in [0.2, 0.25) is 0 Å². The lowest BCUT2D eigenvalue weighted by Gasteiger charge is -2.00. The summed E-state index contributed by atoms with van der Waals surface area (Å²) in [5, 5.41) is 4.80. The van der Waals surface area contributed by atoms with Crippen molar-refractivity contribution in [2.45, 2.75) is 39.0 Å². The molecule has 18 heavy (non-hydrogen) atoms. The third kappa shape index (κ3) is 15.1. The van der Waals surface area contributed by atoms with Crippen molar-refractivity contribution in [3.8, 4) is 0 Å². The lowest BCUT2D eigenvalue weighted by molar-refractivity contribution is 0.576. The maximum absolute atomic E-state index is 10.6. The zero-order valence-electron chi connectivity index (χ0n) is 11.0. The van der Waals surface area contributed by atoms with Crippen LogP contribution in [0.15, 0.2) is 36.5 Å². The van der Waals surface area contributed by atoms with Gasteiger partial charge in [0.2, 0.25) is 0 Å². The summed E-state index contributed by atoms with van der Waals surface area (Å²) in [6.07, 6.45) is 17.2. The van der Waals surface area contributed by atoms with Crippen molar-refractivity contribution in [3.05, 3.63) is 36.5 Å². The molecule has 4 nitrogen and oxygen atoms in total. The van der Waals surface area contributed by atoms with Crippen molar-refractivity contribution in [2.75, 3.05) is 6.54 Å². The Labute approximate surface area is 111 Å². The molecule has 0 bridgehead atoms. The van der Waals surface area contributed by atoms with E-state index in [2.05, 4.69) is 23.8 Å². The van der Waals surface area contributed by atoms with Gasteiger partial charge in [-0.05, 0) is 25.7 Å². The molecule has 0 rings (SSSR count). The van der Waals surface area contributed by atoms with Crippen molar-refractivity contribution in [2.24, 2.45) is 5.14 Å². The van der Waals surface area contributed by atoms with Gasteiger partial charge in [-0.3, -0.25) is 0 Å². The van der Waals surface area contributed by atoms with Gasteiger partial charge >= 0.3 is 0 Å². The van der Waals surface area contributed by atoms with Crippen LogP contribution in [0.4, 0.5) is 0 Å². The first-order chi connectivity index (χ1) is 8.56. The van der Waals surface area contributed by atoms with Crippen molar-refractivity contribution in [1.29, 1.82) is 0 Å². The van der Waals surface area contributed by atoms with Crippen LogP contribution in [0, 0.1) is 0 Å². The largest absolute Gasteiger partial charge is 0.274 e. The molecule has 0 fully saturated rings. The summed E-state index contributed by atoms with van der Waals surface area (Å²) in [6.45, 7) is 2.52. The Balaban J connectivity index is 3.38. The summed E-state index contributed by atoms with van der Waals surface area (Å²) < 4.78 is 23.4. The highest BCUT2D eigenvalue weighted by Gasteiger charge is 1.98. The van der Waals surface area contributed by atoms with E-state index < -0.39 is 10.2 Å². The maximum atomic E-state index is 10.6.